The summed E-state index contributed by atoms with van der Waals surface area (Å²) in [5.41, 5.74) is 0.386. The Bertz CT molecular complexity index is 1060. The molecule has 0 unspecified atom stereocenters. The van der Waals surface area contributed by atoms with E-state index in [9.17, 15) is 14.4 Å². The summed E-state index contributed by atoms with van der Waals surface area (Å²) >= 11 is 1.20. The Morgan fingerprint density at radius 3 is 2.57 bits per heavy atom. The molecule has 144 valence electrons. The normalized spacial score (nSPS) is 14.4. The third kappa shape index (κ3) is 3.79. The highest BCUT2D eigenvalue weighted by Gasteiger charge is 2.26. The van der Waals surface area contributed by atoms with Crippen molar-refractivity contribution < 1.29 is 14.0 Å². The van der Waals surface area contributed by atoms with Crippen molar-refractivity contribution in [3.8, 4) is 0 Å². The zero-order valence-corrected chi connectivity index (χ0v) is 15.8. The third-order valence-electron chi connectivity index (χ3n) is 4.58. The number of rotatable bonds is 4. The first kappa shape index (κ1) is 18.3. The summed E-state index contributed by atoms with van der Waals surface area (Å²) in [4.78, 5) is 47.3. The van der Waals surface area contributed by atoms with Crippen molar-refractivity contribution in [3.63, 3.8) is 0 Å². The minimum absolute atomic E-state index is 0.0501. The van der Waals surface area contributed by atoms with Crippen LogP contribution < -0.4 is 5.56 Å². The van der Waals surface area contributed by atoms with Crippen molar-refractivity contribution in [1.82, 2.24) is 19.8 Å². The lowest BCUT2D eigenvalue weighted by molar-refractivity contribution is -0.129. The van der Waals surface area contributed by atoms with Crippen molar-refractivity contribution in [2.24, 2.45) is 0 Å². The highest BCUT2D eigenvalue weighted by Crippen LogP contribution is 2.16. The highest BCUT2D eigenvalue weighted by atomic mass is 32.2. The van der Waals surface area contributed by atoms with Gasteiger partial charge in [0.25, 0.3) is 11.5 Å². The van der Waals surface area contributed by atoms with Crippen LogP contribution >= 0.6 is 11.8 Å². The Morgan fingerprint density at radius 1 is 1.07 bits per heavy atom. The van der Waals surface area contributed by atoms with Gasteiger partial charge in [-0.25, -0.2) is 4.98 Å². The van der Waals surface area contributed by atoms with Crippen LogP contribution in [0.5, 0.6) is 0 Å². The van der Waals surface area contributed by atoms with E-state index in [0.717, 1.165) is 0 Å². The third-order valence-corrected chi connectivity index (χ3v) is 5.43. The average molecular weight is 398 g/mol. The summed E-state index contributed by atoms with van der Waals surface area (Å²) in [6.45, 7) is 1.85. The molecular formula is C19H18N4O4S. The number of hydrogen-bond acceptors (Lipinski definition) is 6. The number of aromatic nitrogens is 2. The van der Waals surface area contributed by atoms with E-state index in [2.05, 4.69) is 9.97 Å². The monoisotopic (exact) mass is 398 g/mol. The van der Waals surface area contributed by atoms with Gasteiger partial charge in [-0.2, -0.15) is 0 Å². The summed E-state index contributed by atoms with van der Waals surface area (Å²) < 4.78 is 5.14. The largest absolute Gasteiger partial charge is 0.459 e. The molecule has 0 atom stereocenters. The first-order chi connectivity index (χ1) is 13.6. The summed E-state index contributed by atoms with van der Waals surface area (Å²) in [5, 5.41) is 0.944. The molecule has 2 amide bonds. The van der Waals surface area contributed by atoms with Gasteiger partial charge < -0.3 is 19.2 Å². The van der Waals surface area contributed by atoms with Gasteiger partial charge in [0.1, 0.15) is 0 Å². The summed E-state index contributed by atoms with van der Waals surface area (Å²) in [7, 11) is 0. The van der Waals surface area contributed by atoms with Crippen LogP contribution in [0.1, 0.15) is 10.6 Å². The molecule has 4 rings (SSSR count). The van der Waals surface area contributed by atoms with E-state index in [1.165, 1.54) is 18.0 Å². The molecule has 1 aliphatic rings. The Morgan fingerprint density at radius 2 is 1.82 bits per heavy atom. The molecule has 0 spiro atoms. The number of fused-ring (bicyclic) bond motifs is 1. The maximum absolute atomic E-state index is 12.5. The minimum Gasteiger partial charge on any atom is -0.459 e. The topological polar surface area (TPSA) is 99.5 Å². The number of carbonyl (C=O) groups excluding carboxylic acids is 2. The predicted molar refractivity (Wildman–Crippen MR) is 104 cm³/mol. The number of H-pyrrole nitrogens is 1. The van der Waals surface area contributed by atoms with Crippen LogP contribution in [-0.4, -0.2) is 63.5 Å². The summed E-state index contributed by atoms with van der Waals surface area (Å²) in [6, 6.07) is 10.4. The van der Waals surface area contributed by atoms with Gasteiger partial charge in [-0.1, -0.05) is 23.9 Å². The van der Waals surface area contributed by atoms with Crippen molar-refractivity contribution >= 4 is 34.5 Å². The van der Waals surface area contributed by atoms with Crippen molar-refractivity contribution in [2.75, 3.05) is 31.9 Å². The maximum atomic E-state index is 12.5. The van der Waals surface area contributed by atoms with E-state index in [4.69, 9.17) is 4.42 Å². The molecule has 1 saturated heterocycles. The fraction of sp³-hybridized carbons (Fsp3) is 0.263. The lowest BCUT2D eigenvalue weighted by atomic mass is 10.2. The smallest absolute Gasteiger partial charge is 0.289 e. The van der Waals surface area contributed by atoms with Crippen molar-refractivity contribution in [3.05, 3.63) is 58.8 Å². The second-order valence-electron chi connectivity index (χ2n) is 6.33. The number of thioether (sulfide) groups is 1. The first-order valence-electron chi connectivity index (χ1n) is 8.84. The molecule has 1 fully saturated rings. The Labute approximate surface area is 164 Å². The van der Waals surface area contributed by atoms with E-state index < -0.39 is 0 Å². The molecule has 1 N–H and O–H groups in total. The quantitative estimate of drug-likeness (QED) is 0.529. The lowest BCUT2D eigenvalue weighted by Crippen LogP contribution is -2.51. The number of furan rings is 1. The van der Waals surface area contributed by atoms with Crippen molar-refractivity contribution in [1.29, 1.82) is 0 Å². The van der Waals surface area contributed by atoms with Crippen LogP contribution in [0.25, 0.3) is 10.9 Å². The number of aromatic amines is 1. The van der Waals surface area contributed by atoms with Gasteiger partial charge >= 0.3 is 0 Å². The standard InChI is InChI=1S/C19H18N4O4S/c24-16(12-28-19-20-14-5-2-1-4-13(14)17(25)21-19)22-7-9-23(10-8-22)18(26)15-6-3-11-27-15/h1-6,11H,7-10,12H2,(H,20,21,25). The van der Waals surface area contributed by atoms with Gasteiger partial charge in [-0.05, 0) is 24.3 Å². The van der Waals surface area contributed by atoms with E-state index in [1.54, 1.807) is 40.1 Å². The maximum Gasteiger partial charge on any atom is 0.289 e. The summed E-state index contributed by atoms with van der Waals surface area (Å²) in [6.07, 6.45) is 1.47. The van der Waals surface area contributed by atoms with E-state index in [0.29, 0.717) is 48.0 Å². The molecule has 1 aromatic carbocycles. The molecular weight excluding hydrogens is 380 g/mol. The molecule has 0 bridgehead atoms. The molecule has 3 heterocycles. The number of amides is 2. The van der Waals surface area contributed by atoms with E-state index >= 15 is 0 Å². The van der Waals surface area contributed by atoms with Crippen molar-refractivity contribution in [2.45, 2.75) is 5.16 Å². The number of hydrogen-bond donors (Lipinski definition) is 1. The van der Waals surface area contributed by atoms with Crippen LogP contribution in [-0.2, 0) is 4.79 Å². The molecule has 0 saturated carbocycles. The van der Waals surface area contributed by atoms with Gasteiger partial charge in [0, 0.05) is 26.2 Å². The van der Waals surface area contributed by atoms with Crippen LogP contribution in [0.4, 0.5) is 0 Å². The zero-order chi connectivity index (χ0) is 19.5. The van der Waals surface area contributed by atoms with E-state index in [-0.39, 0.29) is 23.1 Å². The van der Waals surface area contributed by atoms with Gasteiger partial charge in [0.15, 0.2) is 10.9 Å². The second-order valence-corrected chi connectivity index (χ2v) is 7.29. The first-order valence-corrected chi connectivity index (χ1v) is 9.83. The SMILES string of the molecule is O=C(CSc1nc2ccccc2c(=O)[nH]1)N1CCN(C(=O)c2ccco2)CC1. The number of nitrogens with zero attached hydrogens (tertiary/aromatic N) is 3. The number of piperazine rings is 1. The molecule has 1 aliphatic heterocycles. The summed E-state index contributed by atoms with van der Waals surface area (Å²) in [5.74, 6) is 0.268. The van der Waals surface area contributed by atoms with E-state index in [1.807, 2.05) is 6.07 Å². The van der Waals surface area contributed by atoms with Crippen LogP contribution in [0, 0.1) is 0 Å². The number of para-hydroxylation sites is 1. The fourth-order valence-corrected chi connectivity index (χ4v) is 3.84. The van der Waals surface area contributed by atoms with Crippen LogP contribution in [0.15, 0.2) is 57.0 Å². The minimum atomic E-state index is -0.217. The second kappa shape index (κ2) is 7.89. The number of nitrogens with one attached hydrogen (secondary N) is 1. The fourth-order valence-electron chi connectivity index (χ4n) is 3.07. The molecule has 0 aliphatic carbocycles. The molecule has 8 nitrogen and oxygen atoms in total. The molecule has 2 aromatic heterocycles. The Hall–Kier alpha value is -3.07. The molecule has 3 aromatic rings. The predicted octanol–water partition coefficient (Wildman–Crippen LogP) is 1.59. The number of carbonyl (C=O) groups is 2. The van der Waals surface area contributed by atoms with Crippen LogP contribution in [0.3, 0.4) is 0 Å². The lowest BCUT2D eigenvalue weighted by Gasteiger charge is -2.34. The Balaban J connectivity index is 1.33. The van der Waals surface area contributed by atoms with Gasteiger partial charge in [0.05, 0.1) is 22.9 Å². The average Bonchev–Trinajstić information content (AvgIpc) is 3.26. The molecule has 28 heavy (non-hydrogen) atoms. The molecule has 9 heteroatoms. The van der Waals surface area contributed by atoms with Gasteiger partial charge in [-0.15, -0.1) is 0 Å². The Kier molecular flexibility index (Phi) is 5.16. The van der Waals surface area contributed by atoms with Gasteiger partial charge in [0.2, 0.25) is 5.91 Å². The zero-order valence-electron chi connectivity index (χ0n) is 15.0. The van der Waals surface area contributed by atoms with Gasteiger partial charge in [-0.3, -0.25) is 14.4 Å². The highest BCUT2D eigenvalue weighted by molar-refractivity contribution is 7.99. The molecule has 0 radical (unpaired) electrons. The number of benzene rings is 1. The van der Waals surface area contributed by atoms with Crippen LogP contribution in [0.2, 0.25) is 0 Å².